The van der Waals surface area contributed by atoms with Crippen LogP contribution in [0.5, 0.6) is 0 Å². The van der Waals surface area contributed by atoms with Crippen molar-refractivity contribution in [2.75, 3.05) is 23.3 Å². The average Bonchev–Trinajstić information content (AvgIpc) is 2.83. The quantitative estimate of drug-likeness (QED) is 0.438. The van der Waals surface area contributed by atoms with E-state index in [0.717, 1.165) is 30.3 Å². The molecule has 1 aliphatic heterocycles. The fraction of sp³-hybridized carbons (Fsp3) is 0.552. The van der Waals surface area contributed by atoms with Gasteiger partial charge in [-0.05, 0) is 85.5 Å². The average molecular weight is 464 g/mol. The molecule has 1 saturated carbocycles. The molecule has 0 aromatic heterocycles. The van der Waals surface area contributed by atoms with E-state index in [1.54, 1.807) is 0 Å². The van der Waals surface area contributed by atoms with Crippen LogP contribution in [0, 0.1) is 5.92 Å². The van der Waals surface area contributed by atoms with E-state index >= 15 is 0 Å². The molecule has 178 valence electrons. The molecule has 3 nitrogen and oxygen atoms in total. The molecular weight excluding hydrogens is 422 g/mol. The highest BCUT2D eigenvalue weighted by molar-refractivity contribution is 7.80. The largest absolute Gasteiger partial charge is 0.371 e. The number of benzene rings is 2. The lowest BCUT2D eigenvalue weighted by atomic mass is 9.84. The zero-order valence-electron chi connectivity index (χ0n) is 20.8. The van der Waals surface area contributed by atoms with E-state index in [1.165, 1.54) is 73.9 Å². The van der Waals surface area contributed by atoms with E-state index in [9.17, 15) is 0 Å². The molecule has 1 aliphatic carbocycles. The van der Waals surface area contributed by atoms with E-state index in [-0.39, 0.29) is 0 Å². The highest BCUT2D eigenvalue weighted by atomic mass is 32.1. The summed E-state index contributed by atoms with van der Waals surface area (Å²) in [4.78, 5) is 5.07. The molecule has 2 aromatic carbocycles. The molecule has 0 spiro atoms. The molecule has 0 amide bonds. The smallest absolute Gasteiger partial charge is 0.173 e. The minimum absolute atomic E-state index is 0.500. The van der Waals surface area contributed by atoms with Gasteiger partial charge >= 0.3 is 0 Å². The highest BCUT2D eigenvalue weighted by Crippen LogP contribution is 2.32. The molecule has 0 unspecified atom stereocenters. The maximum Gasteiger partial charge on any atom is 0.173 e. The zero-order valence-corrected chi connectivity index (χ0v) is 21.6. The first-order valence-electron chi connectivity index (χ1n) is 13.1. The van der Waals surface area contributed by atoms with E-state index in [2.05, 4.69) is 78.4 Å². The summed E-state index contributed by atoms with van der Waals surface area (Å²) in [6, 6.07) is 16.2. The summed E-state index contributed by atoms with van der Waals surface area (Å²) in [6.07, 6.45) is 9.83. The van der Waals surface area contributed by atoms with Crippen LogP contribution in [0.2, 0.25) is 0 Å². The lowest BCUT2D eigenvalue weighted by molar-refractivity contribution is 0.177. The van der Waals surface area contributed by atoms with Crippen LogP contribution in [0.15, 0.2) is 42.5 Å². The number of rotatable bonds is 7. The summed E-state index contributed by atoms with van der Waals surface area (Å²) >= 11 is 6.08. The summed E-state index contributed by atoms with van der Waals surface area (Å²) in [6.45, 7) is 10.1. The van der Waals surface area contributed by atoms with Gasteiger partial charge in [0.15, 0.2) is 5.11 Å². The van der Waals surface area contributed by atoms with Gasteiger partial charge < -0.3 is 15.1 Å². The molecule has 4 rings (SSSR count). The Kier molecular flexibility index (Phi) is 8.29. The number of para-hydroxylation sites is 1. The first-order valence-corrected chi connectivity index (χ1v) is 13.5. The van der Waals surface area contributed by atoms with Gasteiger partial charge in [0.2, 0.25) is 0 Å². The number of nitrogens with one attached hydrogen (secondary N) is 1. The Labute approximate surface area is 206 Å². The molecule has 2 atom stereocenters. The van der Waals surface area contributed by atoms with Crippen molar-refractivity contribution in [3.8, 4) is 0 Å². The van der Waals surface area contributed by atoms with Crippen LogP contribution in [0.4, 0.5) is 11.4 Å². The predicted octanol–water partition coefficient (Wildman–Crippen LogP) is 7.19. The van der Waals surface area contributed by atoms with E-state index in [0.29, 0.717) is 12.0 Å². The van der Waals surface area contributed by atoms with E-state index in [4.69, 9.17) is 12.2 Å². The molecule has 1 N–H and O–H groups in total. The van der Waals surface area contributed by atoms with Crippen LogP contribution in [0.1, 0.15) is 76.0 Å². The van der Waals surface area contributed by atoms with Crippen molar-refractivity contribution >= 4 is 28.7 Å². The van der Waals surface area contributed by atoms with Gasteiger partial charge in [-0.2, -0.15) is 0 Å². The van der Waals surface area contributed by atoms with Crippen molar-refractivity contribution in [2.45, 2.75) is 84.7 Å². The number of nitrogens with zero attached hydrogens (tertiary/aromatic N) is 2. The molecule has 0 bridgehead atoms. The zero-order chi connectivity index (χ0) is 23.2. The van der Waals surface area contributed by atoms with Crippen LogP contribution >= 0.6 is 12.2 Å². The van der Waals surface area contributed by atoms with Gasteiger partial charge in [0.1, 0.15) is 0 Å². The molecule has 2 aliphatic rings. The Balaban J connectivity index is 1.58. The summed E-state index contributed by atoms with van der Waals surface area (Å²) < 4.78 is 0. The van der Waals surface area contributed by atoms with Crippen LogP contribution in [-0.4, -0.2) is 29.1 Å². The normalized spacial score (nSPS) is 20.3. The van der Waals surface area contributed by atoms with Crippen LogP contribution in [0.25, 0.3) is 0 Å². The van der Waals surface area contributed by atoms with Crippen molar-refractivity contribution in [1.29, 1.82) is 0 Å². The number of thiocarbonyl (C=S) groups is 1. The molecule has 2 aromatic rings. The van der Waals surface area contributed by atoms with Gasteiger partial charge in [0.25, 0.3) is 0 Å². The maximum absolute atomic E-state index is 6.08. The number of fused-ring (bicyclic) bond motifs is 1. The first kappa shape index (κ1) is 24.1. The highest BCUT2D eigenvalue weighted by Gasteiger charge is 2.29. The third-order valence-electron chi connectivity index (χ3n) is 7.57. The third kappa shape index (κ3) is 5.71. The van der Waals surface area contributed by atoms with Crippen molar-refractivity contribution in [2.24, 2.45) is 5.92 Å². The van der Waals surface area contributed by atoms with Crippen LogP contribution in [-0.2, 0) is 19.4 Å². The van der Waals surface area contributed by atoms with Gasteiger partial charge in [0.05, 0.1) is 0 Å². The standard InChI is InChI=1S/C29H41N3S/c1-4-18-31-19-10-13-25-20-23(16-17-28(25)31)21-32(27-15-9-6-11-22(27)3)29(33)30-26-14-8-7-12-24(26)5-2/h7-8,12,14,16-17,20,22,27H,4-6,9-11,13,15,18-19,21H2,1-3H3,(H,30,33)/t22-,27+/m1/s1. The second-order valence-electron chi connectivity index (χ2n) is 9.95. The lowest BCUT2D eigenvalue weighted by Crippen LogP contribution is -2.46. The molecule has 0 radical (unpaired) electrons. The van der Waals surface area contributed by atoms with Crippen molar-refractivity contribution < 1.29 is 0 Å². The lowest BCUT2D eigenvalue weighted by Gasteiger charge is -2.40. The molecule has 0 saturated heterocycles. The van der Waals surface area contributed by atoms with Crippen molar-refractivity contribution in [3.63, 3.8) is 0 Å². The second-order valence-corrected chi connectivity index (χ2v) is 10.3. The minimum atomic E-state index is 0.500. The number of hydrogen-bond donors (Lipinski definition) is 1. The van der Waals surface area contributed by atoms with Crippen molar-refractivity contribution in [3.05, 3.63) is 59.2 Å². The first-order chi connectivity index (χ1) is 16.1. The van der Waals surface area contributed by atoms with Gasteiger partial charge in [-0.15, -0.1) is 0 Å². The Morgan fingerprint density at radius 2 is 1.91 bits per heavy atom. The minimum Gasteiger partial charge on any atom is -0.371 e. The van der Waals surface area contributed by atoms with Gasteiger partial charge in [-0.25, -0.2) is 0 Å². The van der Waals surface area contributed by atoms with Gasteiger partial charge in [-0.1, -0.05) is 63.9 Å². The van der Waals surface area contributed by atoms with E-state index < -0.39 is 0 Å². The molecule has 1 heterocycles. The predicted molar refractivity (Wildman–Crippen MR) is 146 cm³/mol. The number of aryl methyl sites for hydroxylation is 2. The Hall–Kier alpha value is -2.07. The van der Waals surface area contributed by atoms with Gasteiger partial charge in [-0.3, -0.25) is 0 Å². The van der Waals surface area contributed by atoms with E-state index in [1.807, 2.05) is 0 Å². The fourth-order valence-electron chi connectivity index (χ4n) is 5.76. The molecule has 33 heavy (non-hydrogen) atoms. The Morgan fingerprint density at radius 1 is 1.09 bits per heavy atom. The van der Waals surface area contributed by atoms with Gasteiger partial charge in [0, 0.05) is 37.1 Å². The molecule has 1 fully saturated rings. The second kappa shape index (κ2) is 11.4. The fourth-order valence-corrected chi connectivity index (χ4v) is 6.07. The maximum atomic E-state index is 6.08. The van der Waals surface area contributed by atoms with Crippen LogP contribution in [0.3, 0.4) is 0 Å². The molecular formula is C29H41N3S. The number of hydrogen-bond acceptors (Lipinski definition) is 2. The summed E-state index contributed by atoms with van der Waals surface area (Å²) in [5, 5.41) is 4.51. The SMILES string of the molecule is CCCN1CCCc2cc(CN(C(=S)Nc3ccccc3CC)[C@H]3CCCC[C@H]3C)ccc21. The van der Waals surface area contributed by atoms with Crippen molar-refractivity contribution in [1.82, 2.24) is 4.90 Å². The Morgan fingerprint density at radius 3 is 2.70 bits per heavy atom. The van der Waals surface area contributed by atoms with Crippen LogP contribution < -0.4 is 10.2 Å². The Bertz CT molecular complexity index is 940. The monoisotopic (exact) mass is 463 g/mol. The number of anilines is 2. The topological polar surface area (TPSA) is 18.5 Å². The summed E-state index contributed by atoms with van der Waals surface area (Å²) in [5.41, 5.74) is 6.82. The molecule has 4 heteroatoms. The third-order valence-corrected chi connectivity index (χ3v) is 7.91. The summed E-state index contributed by atoms with van der Waals surface area (Å²) in [5.74, 6) is 0.664. The summed E-state index contributed by atoms with van der Waals surface area (Å²) in [7, 11) is 0.